The fraction of sp³-hybridized carbons (Fsp3) is 0.435. The van der Waals surface area contributed by atoms with Crippen LogP contribution >= 0.6 is 0 Å². The van der Waals surface area contributed by atoms with Crippen LogP contribution in [0.5, 0.6) is 23.0 Å². The molecule has 2 aromatic rings. The summed E-state index contributed by atoms with van der Waals surface area (Å²) in [6.07, 6.45) is 1.54. The lowest BCUT2D eigenvalue weighted by atomic mass is 9.89. The van der Waals surface area contributed by atoms with E-state index in [1.165, 1.54) is 20.3 Å². The standard InChI is InChI=1S/C23H30N2O7S/c1-23(2)13-18(17-11-15(29-3)7-9-20(17)32-23)24-22(26)14-25(33(6,27)28)19-12-16(30-4)8-10-21(19)31-5/h7-12,18H,13-14H2,1-6H3,(H,24,26). The monoisotopic (exact) mass is 478 g/mol. The molecule has 1 aliphatic rings. The number of carbonyl (C=O) groups is 1. The van der Waals surface area contributed by atoms with Crippen molar-refractivity contribution in [2.45, 2.75) is 31.9 Å². The summed E-state index contributed by atoms with van der Waals surface area (Å²) in [7, 11) is 0.655. The predicted molar refractivity (Wildman–Crippen MR) is 125 cm³/mol. The van der Waals surface area contributed by atoms with Crippen molar-refractivity contribution in [3.63, 3.8) is 0 Å². The summed E-state index contributed by atoms with van der Waals surface area (Å²) in [6.45, 7) is 3.44. The molecule has 0 saturated heterocycles. The maximum Gasteiger partial charge on any atom is 0.241 e. The van der Waals surface area contributed by atoms with E-state index in [4.69, 9.17) is 18.9 Å². The molecule has 1 atom stereocenters. The van der Waals surface area contributed by atoms with E-state index in [1.54, 1.807) is 31.4 Å². The highest BCUT2D eigenvalue weighted by atomic mass is 32.2. The van der Waals surface area contributed by atoms with E-state index in [1.807, 2.05) is 19.9 Å². The van der Waals surface area contributed by atoms with Gasteiger partial charge in [-0.05, 0) is 44.2 Å². The van der Waals surface area contributed by atoms with Crippen LogP contribution in [0.1, 0.15) is 31.9 Å². The van der Waals surface area contributed by atoms with Gasteiger partial charge < -0.3 is 24.3 Å². The predicted octanol–water partition coefficient (Wildman–Crippen LogP) is 2.90. The van der Waals surface area contributed by atoms with Crippen LogP contribution < -0.4 is 28.6 Å². The largest absolute Gasteiger partial charge is 0.497 e. The van der Waals surface area contributed by atoms with Gasteiger partial charge in [-0.25, -0.2) is 8.42 Å². The zero-order valence-corrected chi connectivity index (χ0v) is 20.5. The van der Waals surface area contributed by atoms with E-state index in [9.17, 15) is 13.2 Å². The molecule has 3 rings (SSSR count). The minimum Gasteiger partial charge on any atom is -0.497 e. The highest BCUT2D eigenvalue weighted by Crippen LogP contribution is 2.41. The van der Waals surface area contributed by atoms with E-state index < -0.39 is 28.1 Å². The molecule has 1 unspecified atom stereocenters. The number of hydrogen-bond acceptors (Lipinski definition) is 7. The third-order valence-electron chi connectivity index (χ3n) is 5.35. The molecule has 0 radical (unpaired) electrons. The average molecular weight is 479 g/mol. The molecular formula is C23H30N2O7S. The van der Waals surface area contributed by atoms with E-state index in [0.29, 0.717) is 29.4 Å². The van der Waals surface area contributed by atoms with Crippen molar-refractivity contribution in [3.05, 3.63) is 42.0 Å². The highest BCUT2D eigenvalue weighted by molar-refractivity contribution is 7.92. The van der Waals surface area contributed by atoms with Gasteiger partial charge in [0.25, 0.3) is 0 Å². The zero-order valence-electron chi connectivity index (χ0n) is 19.7. The molecule has 2 aromatic carbocycles. The molecule has 1 amide bonds. The summed E-state index contributed by atoms with van der Waals surface area (Å²) in [5, 5.41) is 2.97. The van der Waals surface area contributed by atoms with Crippen LogP contribution in [0, 0.1) is 0 Å². The summed E-state index contributed by atoms with van der Waals surface area (Å²) in [5.41, 5.74) is 0.460. The number of benzene rings is 2. The Morgan fingerprint density at radius 1 is 1.09 bits per heavy atom. The van der Waals surface area contributed by atoms with Gasteiger partial charge in [-0.2, -0.15) is 0 Å². The van der Waals surface area contributed by atoms with E-state index in [-0.39, 0.29) is 11.7 Å². The van der Waals surface area contributed by atoms with Crippen LogP contribution in [-0.2, 0) is 14.8 Å². The van der Waals surface area contributed by atoms with Crippen molar-refractivity contribution < 1.29 is 32.2 Å². The molecule has 10 heteroatoms. The number of nitrogens with one attached hydrogen (secondary N) is 1. The number of hydrogen-bond donors (Lipinski definition) is 1. The summed E-state index contributed by atoms with van der Waals surface area (Å²) >= 11 is 0. The molecule has 1 heterocycles. The first-order chi connectivity index (χ1) is 15.5. The zero-order chi connectivity index (χ0) is 24.4. The smallest absolute Gasteiger partial charge is 0.241 e. The van der Waals surface area contributed by atoms with Crippen molar-refractivity contribution in [3.8, 4) is 23.0 Å². The molecule has 1 aliphatic heterocycles. The van der Waals surface area contributed by atoms with Crippen LogP contribution in [0.4, 0.5) is 5.69 Å². The van der Waals surface area contributed by atoms with Gasteiger partial charge in [0.05, 0.1) is 39.3 Å². The lowest BCUT2D eigenvalue weighted by Gasteiger charge is -2.38. The van der Waals surface area contributed by atoms with Crippen LogP contribution in [-0.4, -0.2) is 54.1 Å². The van der Waals surface area contributed by atoms with Crippen LogP contribution in [0.25, 0.3) is 0 Å². The number of anilines is 1. The second-order valence-corrected chi connectivity index (χ2v) is 10.3. The average Bonchev–Trinajstić information content (AvgIpc) is 2.75. The third-order valence-corrected chi connectivity index (χ3v) is 6.48. The Kier molecular flexibility index (Phi) is 6.97. The maximum absolute atomic E-state index is 13.1. The SMILES string of the molecule is COc1ccc2c(c1)C(NC(=O)CN(c1cc(OC)ccc1OC)S(C)(=O)=O)CC(C)(C)O2. The Morgan fingerprint density at radius 3 is 2.33 bits per heavy atom. The van der Waals surface area contributed by atoms with Crippen LogP contribution in [0.3, 0.4) is 0 Å². The van der Waals surface area contributed by atoms with E-state index >= 15 is 0 Å². The molecule has 0 fully saturated rings. The molecule has 9 nitrogen and oxygen atoms in total. The van der Waals surface area contributed by atoms with Crippen LogP contribution in [0.15, 0.2) is 36.4 Å². The van der Waals surface area contributed by atoms with Crippen molar-refractivity contribution in [2.75, 3.05) is 38.4 Å². The maximum atomic E-state index is 13.1. The molecule has 33 heavy (non-hydrogen) atoms. The fourth-order valence-corrected chi connectivity index (χ4v) is 4.68. The fourth-order valence-electron chi connectivity index (χ4n) is 3.83. The van der Waals surface area contributed by atoms with Gasteiger partial charge >= 0.3 is 0 Å². The molecule has 1 N–H and O–H groups in total. The number of methoxy groups -OCH3 is 3. The van der Waals surface area contributed by atoms with Gasteiger partial charge in [0, 0.05) is 18.1 Å². The van der Waals surface area contributed by atoms with Gasteiger partial charge in [0.15, 0.2) is 0 Å². The molecule has 0 spiro atoms. The van der Waals surface area contributed by atoms with Gasteiger partial charge in [-0.3, -0.25) is 9.10 Å². The molecule has 0 aromatic heterocycles. The minimum atomic E-state index is -3.81. The quantitative estimate of drug-likeness (QED) is 0.622. The summed E-state index contributed by atoms with van der Waals surface area (Å²) in [6, 6.07) is 9.78. The minimum absolute atomic E-state index is 0.212. The summed E-state index contributed by atoms with van der Waals surface area (Å²) in [4.78, 5) is 13.1. The topological polar surface area (TPSA) is 103 Å². The first-order valence-electron chi connectivity index (χ1n) is 10.3. The Hall–Kier alpha value is -3.14. The van der Waals surface area contributed by atoms with Crippen LogP contribution in [0.2, 0.25) is 0 Å². The number of ether oxygens (including phenoxy) is 4. The number of carbonyl (C=O) groups excluding carboxylic acids is 1. The van der Waals surface area contributed by atoms with E-state index in [2.05, 4.69) is 5.32 Å². The second-order valence-electron chi connectivity index (χ2n) is 8.40. The number of sulfonamides is 1. The second kappa shape index (κ2) is 9.38. The van der Waals surface area contributed by atoms with E-state index in [0.717, 1.165) is 16.1 Å². The summed E-state index contributed by atoms with van der Waals surface area (Å²) in [5.74, 6) is 1.55. The number of nitrogens with zero attached hydrogens (tertiary/aromatic N) is 1. The van der Waals surface area contributed by atoms with Gasteiger partial charge in [0.1, 0.15) is 35.1 Å². The molecule has 0 aliphatic carbocycles. The Morgan fingerprint density at radius 2 is 1.73 bits per heavy atom. The Balaban J connectivity index is 1.91. The molecule has 0 saturated carbocycles. The van der Waals surface area contributed by atoms with Crippen molar-refractivity contribution in [2.24, 2.45) is 0 Å². The number of fused-ring (bicyclic) bond motifs is 1. The number of amides is 1. The summed E-state index contributed by atoms with van der Waals surface area (Å²) < 4.78 is 48.2. The van der Waals surface area contributed by atoms with Gasteiger partial charge in [-0.1, -0.05) is 0 Å². The van der Waals surface area contributed by atoms with Crippen molar-refractivity contribution in [1.82, 2.24) is 5.32 Å². The molecule has 0 bridgehead atoms. The number of rotatable bonds is 8. The highest BCUT2D eigenvalue weighted by Gasteiger charge is 2.35. The lowest BCUT2D eigenvalue weighted by Crippen LogP contribution is -2.45. The normalized spacial score (nSPS) is 16.7. The van der Waals surface area contributed by atoms with Crippen molar-refractivity contribution in [1.29, 1.82) is 0 Å². The Bertz CT molecular complexity index is 1130. The van der Waals surface area contributed by atoms with Crippen molar-refractivity contribution >= 4 is 21.6 Å². The third kappa shape index (κ3) is 5.62. The first-order valence-corrected chi connectivity index (χ1v) is 12.2. The first kappa shape index (κ1) is 24.5. The Labute approximate surface area is 194 Å². The molecular weight excluding hydrogens is 448 g/mol. The van der Waals surface area contributed by atoms with Gasteiger partial charge in [-0.15, -0.1) is 0 Å². The molecule has 180 valence electrons. The lowest BCUT2D eigenvalue weighted by molar-refractivity contribution is -0.120. The van der Waals surface area contributed by atoms with Gasteiger partial charge in [0.2, 0.25) is 15.9 Å².